The average molecular weight is 425 g/mol. The number of nitrogens with zero attached hydrogens (tertiary/aromatic N) is 4. The van der Waals surface area contributed by atoms with Gasteiger partial charge in [0.25, 0.3) is 5.91 Å². The highest BCUT2D eigenvalue weighted by atomic mass is 16.3. The maximum absolute atomic E-state index is 13.1. The molecule has 0 spiro atoms. The number of anilines is 1. The third-order valence-corrected chi connectivity index (χ3v) is 5.45. The second-order valence-corrected chi connectivity index (χ2v) is 7.72. The molecule has 1 unspecified atom stereocenters. The van der Waals surface area contributed by atoms with E-state index in [-0.39, 0.29) is 18.5 Å². The lowest BCUT2D eigenvalue weighted by atomic mass is 10.0. The normalized spacial score (nSPS) is 15.6. The molecule has 0 saturated heterocycles. The number of aromatic nitrogens is 2. The molecule has 1 amide bonds. The van der Waals surface area contributed by atoms with E-state index in [1.165, 1.54) is 10.6 Å². The van der Waals surface area contributed by atoms with Crippen LogP contribution in [0.25, 0.3) is 5.69 Å². The topological polar surface area (TPSA) is 75.7 Å². The Bertz CT molecular complexity index is 1230. The Morgan fingerprint density at radius 3 is 2.62 bits per heavy atom. The van der Waals surface area contributed by atoms with E-state index in [0.717, 1.165) is 22.7 Å². The van der Waals surface area contributed by atoms with Crippen LogP contribution >= 0.6 is 0 Å². The Labute approximate surface area is 186 Å². The number of nitrogens with one attached hydrogen (secondary N) is 1. The molecule has 1 aliphatic rings. The van der Waals surface area contributed by atoms with E-state index in [4.69, 9.17) is 4.42 Å². The second-order valence-electron chi connectivity index (χ2n) is 7.72. The highest BCUT2D eigenvalue weighted by molar-refractivity contribution is 6.03. The zero-order valence-corrected chi connectivity index (χ0v) is 17.7. The predicted octanol–water partition coefficient (Wildman–Crippen LogP) is 4.56. The molecule has 5 rings (SSSR count). The van der Waals surface area contributed by atoms with Crippen molar-refractivity contribution in [2.75, 3.05) is 11.9 Å². The number of carbonyl (C=O) groups excluding carboxylic acids is 1. The van der Waals surface area contributed by atoms with Crippen LogP contribution in [0.1, 0.15) is 29.3 Å². The fraction of sp³-hybridized carbons (Fsp3) is 0.160. The molecular weight excluding hydrogens is 402 g/mol. The number of rotatable bonds is 6. The molecular formula is C25H23N5O2. The van der Waals surface area contributed by atoms with Gasteiger partial charge >= 0.3 is 0 Å². The number of hydrazone groups is 1. The van der Waals surface area contributed by atoms with Gasteiger partial charge in [-0.2, -0.15) is 10.2 Å². The van der Waals surface area contributed by atoms with Crippen LogP contribution in [-0.4, -0.2) is 33.0 Å². The summed E-state index contributed by atoms with van der Waals surface area (Å²) in [7, 11) is 0. The minimum Gasteiger partial charge on any atom is -0.467 e. The first kappa shape index (κ1) is 19.8. The van der Waals surface area contributed by atoms with Crippen molar-refractivity contribution in [3.8, 4) is 5.69 Å². The SMILES string of the molecule is Cc1ccc(C2=NN(C(=O)CNc3ccn(-c4ccccc4)n3)C(c3ccco3)C2)cc1. The van der Waals surface area contributed by atoms with Crippen molar-refractivity contribution in [2.45, 2.75) is 19.4 Å². The molecule has 2 aromatic carbocycles. The molecule has 0 aliphatic carbocycles. The summed E-state index contributed by atoms with van der Waals surface area (Å²) in [6.07, 6.45) is 4.08. The molecule has 4 aromatic rings. The smallest absolute Gasteiger partial charge is 0.262 e. The zero-order valence-electron chi connectivity index (χ0n) is 17.7. The van der Waals surface area contributed by atoms with E-state index in [9.17, 15) is 4.79 Å². The maximum atomic E-state index is 13.1. The lowest BCUT2D eigenvalue weighted by Crippen LogP contribution is -2.32. The first-order valence-electron chi connectivity index (χ1n) is 10.5. The molecule has 1 aliphatic heterocycles. The van der Waals surface area contributed by atoms with E-state index in [2.05, 4.69) is 27.6 Å². The highest BCUT2D eigenvalue weighted by Gasteiger charge is 2.34. The predicted molar refractivity (Wildman–Crippen MR) is 123 cm³/mol. The van der Waals surface area contributed by atoms with Gasteiger partial charge in [0.1, 0.15) is 17.6 Å². The molecule has 1 atom stereocenters. The van der Waals surface area contributed by atoms with Gasteiger partial charge < -0.3 is 9.73 Å². The van der Waals surface area contributed by atoms with Gasteiger partial charge in [0.05, 0.1) is 24.2 Å². The van der Waals surface area contributed by atoms with Crippen LogP contribution in [0.5, 0.6) is 0 Å². The first-order valence-corrected chi connectivity index (χ1v) is 10.5. The molecule has 0 saturated carbocycles. The second kappa shape index (κ2) is 8.55. The van der Waals surface area contributed by atoms with Gasteiger partial charge in [-0.15, -0.1) is 0 Å². The van der Waals surface area contributed by atoms with Crippen LogP contribution in [0.4, 0.5) is 5.82 Å². The summed E-state index contributed by atoms with van der Waals surface area (Å²) in [4.78, 5) is 13.1. The summed E-state index contributed by atoms with van der Waals surface area (Å²) < 4.78 is 7.38. The van der Waals surface area contributed by atoms with E-state index < -0.39 is 0 Å². The number of hydrogen-bond acceptors (Lipinski definition) is 5. The third kappa shape index (κ3) is 4.05. The maximum Gasteiger partial charge on any atom is 0.262 e. The van der Waals surface area contributed by atoms with Crippen molar-refractivity contribution in [3.05, 3.63) is 102 Å². The Balaban J connectivity index is 1.32. The first-order chi connectivity index (χ1) is 15.7. The van der Waals surface area contributed by atoms with Crippen molar-refractivity contribution < 1.29 is 9.21 Å². The lowest BCUT2D eigenvalue weighted by Gasteiger charge is -2.20. The summed E-state index contributed by atoms with van der Waals surface area (Å²) >= 11 is 0. The number of para-hydroxylation sites is 1. The number of carbonyl (C=O) groups is 1. The summed E-state index contributed by atoms with van der Waals surface area (Å²) in [5.74, 6) is 1.19. The number of furan rings is 1. The summed E-state index contributed by atoms with van der Waals surface area (Å²) in [5.41, 5.74) is 4.02. The molecule has 1 N–H and O–H groups in total. The average Bonchev–Trinajstić information content (AvgIpc) is 3.59. The van der Waals surface area contributed by atoms with Gasteiger partial charge in [-0.3, -0.25) is 4.79 Å². The quantitative estimate of drug-likeness (QED) is 0.491. The lowest BCUT2D eigenvalue weighted by molar-refractivity contribution is -0.131. The van der Waals surface area contributed by atoms with Gasteiger partial charge in [-0.1, -0.05) is 48.0 Å². The fourth-order valence-corrected chi connectivity index (χ4v) is 3.75. The number of aryl methyl sites for hydroxylation is 1. The summed E-state index contributed by atoms with van der Waals surface area (Å²) in [5, 5.41) is 13.8. The van der Waals surface area contributed by atoms with Crippen LogP contribution in [0.15, 0.2) is 94.8 Å². The Kier molecular flexibility index (Phi) is 5.29. The fourth-order valence-electron chi connectivity index (χ4n) is 3.75. The third-order valence-electron chi connectivity index (χ3n) is 5.45. The summed E-state index contributed by atoms with van der Waals surface area (Å²) in [6.45, 7) is 2.13. The van der Waals surface area contributed by atoms with Crippen LogP contribution in [0.3, 0.4) is 0 Å². The monoisotopic (exact) mass is 425 g/mol. The van der Waals surface area contributed by atoms with Gasteiger partial charge in [-0.25, -0.2) is 9.69 Å². The van der Waals surface area contributed by atoms with Crippen LogP contribution in [-0.2, 0) is 4.79 Å². The van der Waals surface area contributed by atoms with E-state index >= 15 is 0 Å². The largest absolute Gasteiger partial charge is 0.467 e. The minimum absolute atomic E-state index is 0.0771. The van der Waals surface area contributed by atoms with Crippen molar-refractivity contribution in [3.63, 3.8) is 0 Å². The number of amides is 1. The van der Waals surface area contributed by atoms with Gasteiger partial charge in [0, 0.05) is 18.7 Å². The zero-order chi connectivity index (χ0) is 21.9. The Hall–Kier alpha value is -4.13. The van der Waals surface area contributed by atoms with Gasteiger partial charge in [0.15, 0.2) is 0 Å². The molecule has 32 heavy (non-hydrogen) atoms. The van der Waals surface area contributed by atoms with Crippen molar-refractivity contribution in [1.82, 2.24) is 14.8 Å². The standard InChI is InChI=1S/C25H23N5O2/c1-18-9-11-19(12-10-18)21-16-22(23-8-5-15-32-23)30(27-21)25(31)17-26-24-13-14-29(28-24)20-6-3-2-4-7-20/h2-15,22H,16-17H2,1H3,(H,26,28). The molecule has 7 nitrogen and oxygen atoms in total. The van der Waals surface area contributed by atoms with E-state index in [0.29, 0.717) is 12.2 Å². The van der Waals surface area contributed by atoms with Gasteiger partial charge in [0.2, 0.25) is 0 Å². The van der Waals surface area contributed by atoms with Crippen LogP contribution < -0.4 is 5.32 Å². The molecule has 0 fully saturated rings. The van der Waals surface area contributed by atoms with Crippen molar-refractivity contribution >= 4 is 17.4 Å². The van der Waals surface area contributed by atoms with Crippen molar-refractivity contribution in [2.24, 2.45) is 5.10 Å². The molecule has 160 valence electrons. The van der Waals surface area contributed by atoms with Gasteiger partial charge in [-0.05, 0) is 36.8 Å². The van der Waals surface area contributed by atoms with Crippen LogP contribution in [0, 0.1) is 6.92 Å². The molecule has 0 bridgehead atoms. The summed E-state index contributed by atoms with van der Waals surface area (Å²) in [6, 6.07) is 23.3. The molecule has 2 aromatic heterocycles. The minimum atomic E-state index is -0.266. The van der Waals surface area contributed by atoms with Crippen molar-refractivity contribution in [1.29, 1.82) is 0 Å². The number of hydrogen-bond donors (Lipinski definition) is 1. The highest BCUT2D eigenvalue weighted by Crippen LogP contribution is 2.33. The molecule has 3 heterocycles. The Morgan fingerprint density at radius 2 is 1.88 bits per heavy atom. The van der Waals surface area contributed by atoms with E-state index in [1.807, 2.05) is 73.8 Å². The Morgan fingerprint density at radius 1 is 1.06 bits per heavy atom. The molecule has 7 heteroatoms. The molecule has 0 radical (unpaired) electrons. The number of benzene rings is 2. The van der Waals surface area contributed by atoms with Crippen LogP contribution in [0.2, 0.25) is 0 Å². The van der Waals surface area contributed by atoms with E-state index in [1.54, 1.807) is 10.9 Å².